The fourth-order valence-electron chi connectivity index (χ4n) is 2.45. The molecule has 1 fully saturated rings. The lowest BCUT2D eigenvalue weighted by atomic mass is 9.97. The zero-order valence-electron chi connectivity index (χ0n) is 10.5. The van der Waals surface area contributed by atoms with Gasteiger partial charge in [-0.1, -0.05) is 0 Å². The molecule has 0 bridgehead atoms. The van der Waals surface area contributed by atoms with E-state index >= 15 is 0 Å². The molecule has 2 aromatic heterocycles. The highest BCUT2D eigenvalue weighted by molar-refractivity contribution is 7.15. The topological polar surface area (TPSA) is 83.7 Å². The van der Waals surface area contributed by atoms with Gasteiger partial charge in [0, 0.05) is 30.1 Å². The molecule has 1 atom stereocenters. The molecule has 3 N–H and O–H groups in total. The van der Waals surface area contributed by atoms with Crippen molar-refractivity contribution in [3.63, 3.8) is 0 Å². The molecule has 0 radical (unpaired) electrons. The van der Waals surface area contributed by atoms with Crippen LogP contribution in [-0.2, 0) is 6.54 Å². The summed E-state index contributed by atoms with van der Waals surface area (Å²) in [5.41, 5.74) is 5.65. The summed E-state index contributed by atoms with van der Waals surface area (Å²) in [6.07, 6.45) is 5.83. The molecule has 1 aliphatic heterocycles. The first kappa shape index (κ1) is 14.2. The summed E-state index contributed by atoms with van der Waals surface area (Å²) >= 11 is 1.57. The van der Waals surface area contributed by atoms with Gasteiger partial charge < -0.3 is 5.73 Å². The fourth-order valence-corrected chi connectivity index (χ4v) is 3.18. The lowest BCUT2D eigenvalue weighted by molar-refractivity contribution is 0.198. The molecule has 8 heteroatoms. The maximum Gasteiger partial charge on any atom is 0.180 e. The summed E-state index contributed by atoms with van der Waals surface area (Å²) in [5.74, 6) is 1.47. The van der Waals surface area contributed by atoms with Crippen LogP contribution in [0.15, 0.2) is 12.5 Å². The molecule has 1 aliphatic rings. The standard InChI is InChI=1S/C11H16N6S.ClH/c12-11-13-4-9(18-11)6-17-3-1-2-8(5-17)10-14-7-15-16-10;/h4,7-8H,1-3,5-6H2,(H2,12,13)(H,14,15,16);1H. The van der Waals surface area contributed by atoms with Gasteiger partial charge in [0.25, 0.3) is 0 Å². The van der Waals surface area contributed by atoms with E-state index in [9.17, 15) is 0 Å². The van der Waals surface area contributed by atoms with Gasteiger partial charge in [-0.2, -0.15) is 5.10 Å². The van der Waals surface area contributed by atoms with Crippen molar-refractivity contribution in [2.75, 3.05) is 18.8 Å². The molecule has 19 heavy (non-hydrogen) atoms. The average Bonchev–Trinajstić information content (AvgIpc) is 3.01. The highest BCUT2D eigenvalue weighted by atomic mass is 35.5. The molecule has 0 saturated carbocycles. The lowest BCUT2D eigenvalue weighted by Crippen LogP contribution is -2.34. The zero-order chi connectivity index (χ0) is 12.4. The fraction of sp³-hybridized carbons (Fsp3) is 0.545. The number of hydrogen-bond donors (Lipinski definition) is 2. The van der Waals surface area contributed by atoms with Crippen molar-refractivity contribution in [3.05, 3.63) is 23.2 Å². The number of piperidine rings is 1. The van der Waals surface area contributed by atoms with E-state index in [1.54, 1.807) is 17.7 Å². The van der Waals surface area contributed by atoms with Gasteiger partial charge in [0.2, 0.25) is 0 Å². The van der Waals surface area contributed by atoms with Crippen LogP contribution in [0, 0.1) is 0 Å². The number of likely N-dealkylation sites (tertiary alicyclic amines) is 1. The quantitative estimate of drug-likeness (QED) is 0.900. The third-order valence-electron chi connectivity index (χ3n) is 3.28. The number of hydrogen-bond acceptors (Lipinski definition) is 6. The van der Waals surface area contributed by atoms with Crippen LogP contribution in [0.1, 0.15) is 29.5 Å². The van der Waals surface area contributed by atoms with Crippen molar-refractivity contribution in [1.29, 1.82) is 0 Å². The van der Waals surface area contributed by atoms with E-state index in [1.807, 2.05) is 6.20 Å². The Kier molecular flexibility index (Phi) is 4.73. The second kappa shape index (κ2) is 6.31. The zero-order valence-corrected chi connectivity index (χ0v) is 12.1. The van der Waals surface area contributed by atoms with E-state index in [0.29, 0.717) is 11.0 Å². The van der Waals surface area contributed by atoms with Gasteiger partial charge in [0.15, 0.2) is 5.13 Å². The summed E-state index contributed by atoms with van der Waals surface area (Å²) in [5, 5.41) is 7.56. The molecule has 104 valence electrons. The second-order valence-electron chi connectivity index (χ2n) is 4.61. The minimum absolute atomic E-state index is 0. The number of aromatic amines is 1. The maximum atomic E-state index is 5.65. The number of H-pyrrole nitrogens is 1. The van der Waals surface area contributed by atoms with E-state index < -0.39 is 0 Å². The van der Waals surface area contributed by atoms with Gasteiger partial charge >= 0.3 is 0 Å². The third-order valence-corrected chi connectivity index (χ3v) is 4.09. The van der Waals surface area contributed by atoms with E-state index in [4.69, 9.17) is 5.73 Å². The molecule has 1 saturated heterocycles. The van der Waals surface area contributed by atoms with Gasteiger partial charge in [-0.25, -0.2) is 9.97 Å². The Balaban J connectivity index is 0.00000133. The number of anilines is 1. The number of rotatable bonds is 3. The number of nitrogens with zero attached hydrogens (tertiary/aromatic N) is 4. The van der Waals surface area contributed by atoms with E-state index in [1.165, 1.54) is 17.7 Å². The largest absolute Gasteiger partial charge is 0.375 e. The Hall–Kier alpha value is -1.18. The number of halogens is 1. The van der Waals surface area contributed by atoms with Crippen LogP contribution < -0.4 is 5.73 Å². The molecule has 2 aromatic rings. The normalized spacial score (nSPS) is 20.1. The molecule has 0 amide bonds. The van der Waals surface area contributed by atoms with Gasteiger partial charge in [0.1, 0.15) is 12.2 Å². The minimum atomic E-state index is 0. The predicted octanol–water partition coefficient (Wildman–Crippen LogP) is 1.64. The van der Waals surface area contributed by atoms with Crippen molar-refractivity contribution < 1.29 is 0 Å². The van der Waals surface area contributed by atoms with Gasteiger partial charge in [0.05, 0.1) is 0 Å². The minimum Gasteiger partial charge on any atom is -0.375 e. The van der Waals surface area contributed by atoms with Crippen LogP contribution in [0.2, 0.25) is 0 Å². The molecule has 0 spiro atoms. The molecule has 1 unspecified atom stereocenters. The Morgan fingerprint density at radius 2 is 2.37 bits per heavy atom. The highest BCUT2D eigenvalue weighted by Gasteiger charge is 2.23. The predicted molar refractivity (Wildman–Crippen MR) is 77.4 cm³/mol. The second-order valence-corrected chi connectivity index (χ2v) is 5.76. The third kappa shape index (κ3) is 3.43. The number of aromatic nitrogens is 4. The first-order valence-corrected chi connectivity index (χ1v) is 6.90. The van der Waals surface area contributed by atoms with Crippen LogP contribution >= 0.6 is 23.7 Å². The molecular weight excluding hydrogens is 284 g/mol. The summed E-state index contributed by atoms with van der Waals surface area (Å²) in [6, 6.07) is 0. The van der Waals surface area contributed by atoms with Crippen LogP contribution in [0.5, 0.6) is 0 Å². The summed E-state index contributed by atoms with van der Waals surface area (Å²) in [7, 11) is 0. The Morgan fingerprint density at radius 3 is 3.05 bits per heavy atom. The number of nitrogen functional groups attached to an aromatic ring is 1. The number of nitrogens with two attached hydrogens (primary N) is 1. The van der Waals surface area contributed by atoms with Gasteiger partial charge in [-0.3, -0.25) is 10.00 Å². The number of nitrogens with one attached hydrogen (secondary N) is 1. The number of thiazole rings is 1. The monoisotopic (exact) mass is 300 g/mol. The molecule has 0 aromatic carbocycles. The SMILES string of the molecule is Cl.Nc1ncc(CN2CCCC(c3ncn[nH]3)C2)s1. The molecule has 3 heterocycles. The van der Waals surface area contributed by atoms with Gasteiger partial charge in [-0.15, -0.1) is 23.7 Å². The molecule has 6 nitrogen and oxygen atoms in total. The highest BCUT2D eigenvalue weighted by Crippen LogP contribution is 2.26. The smallest absolute Gasteiger partial charge is 0.180 e. The summed E-state index contributed by atoms with van der Waals surface area (Å²) < 4.78 is 0. The van der Waals surface area contributed by atoms with Crippen molar-refractivity contribution in [2.45, 2.75) is 25.3 Å². The van der Waals surface area contributed by atoms with Crippen molar-refractivity contribution in [1.82, 2.24) is 25.1 Å². The van der Waals surface area contributed by atoms with Crippen molar-refractivity contribution in [3.8, 4) is 0 Å². The van der Waals surface area contributed by atoms with E-state index in [-0.39, 0.29) is 12.4 Å². The Bertz CT molecular complexity index is 499. The van der Waals surface area contributed by atoms with Crippen LogP contribution in [0.3, 0.4) is 0 Å². The lowest BCUT2D eigenvalue weighted by Gasteiger charge is -2.31. The van der Waals surface area contributed by atoms with Crippen LogP contribution in [0.4, 0.5) is 5.13 Å². The van der Waals surface area contributed by atoms with Crippen LogP contribution in [-0.4, -0.2) is 38.2 Å². The molecule has 3 rings (SSSR count). The Morgan fingerprint density at radius 1 is 1.47 bits per heavy atom. The average molecular weight is 301 g/mol. The van der Waals surface area contributed by atoms with Gasteiger partial charge in [-0.05, 0) is 19.4 Å². The molecular formula is C11H17ClN6S. The molecule has 0 aliphatic carbocycles. The van der Waals surface area contributed by atoms with Crippen molar-refractivity contribution in [2.24, 2.45) is 0 Å². The summed E-state index contributed by atoms with van der Waals surface area (Å²) in [4.78, 5) is 12.0. The maximum absolute atomic E-state index is 5.65. The van der Waals surface area contributed by atoms with E-state index in [0.717, 1.165) is 25.5 Å². The van der Waals surface area contributed by atoms with E-state index in [2.05, 4.69) is 25.1 Å². The first-order chi connectivity index (χ1) is 8.81. The first-order valence-electron chi connectivity index (χ1n) is 6.09. The Labute approximate surface area is 121 Å². The summed E-state index contributed by atoms with van der Waals surface area (Å²) in [6.45, 7) is 3.08. The van der Waals surface area contributed by atoms with Crippen LogP contribution in [0.25, 0.3) is 0 Å². The van der Waals surface area contributed by atoms with Crippen molar-refractivity contribution >= 4 is 28.9 Å².